The Kier molecular flexibility index (Phi) is 5.28. The zero-order valence-electron chi connectivity index (χ0n) is 17.4. The molecule has 0 aliphatic heterocycles. The van der Waals surface area contributed by atoms with Crippen LogP contribution in [0.5, 0.6) is 0 Å². The lowest BCUT2D eigenvalue weighted by Gasteiger charge is -2.40. The Bertz CT molecular complexity index is 878. The van der Waals surface area contributed by atoms with Crippen molar-refractivity contribution in [3.8, 4) is 0 Å². The summed E-state index contributed by atoms with van der Waals surface area (Å²) in [5.74, 6) is 0.398. The molecule has 1 aromatic carbocycles. The van der Waals surface area contributed by atoms with Crippen molar-refractivity contribution < 1.29 is 9.59 Å². The fourth-order valence-corrected chi connectivity index (χ4v) is 6.02. The van der Waals surface area contributed by atoms with Crippen molar-refractivity contribution in [1.29, 1.82) is 0 Å². The first-order valence-electron chi connectivity index (χ1n) is 10.5. The fraction of sp³-hybridized carbons (Fsp3) is 0.500. The Labute approximate surface area is 177 Å². The summed E-state index contributed by atoms with van der Waals surface area (Å²) >= 11 is 1.39. The third-order valence-corrected chi connectivity index (χ3v) is 8.63. The average Bonchev–Trinajstić information content (AvgIpc) is 3.35. The normalized spacial score (nSPS) is 28.1. The predicted octanol–water partition coefficient (Wildman–Crippen LogP) is 4.42. The monoisotopic (exact) mass is 410 g/mol. The molecule has 29 heavy (non-hydrogen) atoms. The third kappa shape index (κ3) is 3.61. The van der Waals surface area contributed by atoms with E-state index in [1.807, 2.05) is 41.8 Å². The summed E-state index contributed by atoms with van der Waals surface area (Å²) in [6, 6.07) is 13.1. The second kappa shape index (κ2) is 7.60. The van der Waals surface area contributed by atoms with E-state index in [9.17, 15) is 9.59 Å². The molecule has 0 spiro atoms. The number of carbonyl (C=O) groups is 2. The highest BCUT2D eigenvalue weighted by Gasteiger charge is 2.61. The molecule has 2 aliphatic rings. The molecule has 4 rings (SSSR count). The molecule has 0 radical (unpaired) electrons. The highest BCUT2D eigenvalue weighted by atomic mass is 32.1. The molecular formula is C24H30N2O2S. The topological polar surface area (TPSA) is 58.2 Å². The summed E-state index contributed by atoms with van der Waals surface area (Å²) in [6.45, 7) is 7.01. The first-order chi connectivity index (χ1) is 13.8. The van der Waals surface area contributed by atoms with Crippen molar-refractivity contribution in [3.63, 3.8) is 0 Å². The Morgan fingerprint density at radius 3 is 2.48 bits per heavy atom. The van der Waals surface area contributed by atoms with Gasteiger partial charge in [0.05, 0.1) is 4.88 Å². The minimum absolute atomic E-state index is 0.0756. The molecule has 5 heteroatoms. The van der Waals surface area contributed by atoms with Gasteiger partial charge in [-0.3, -0.25) is 9.59 Å². The van der Waals surface area contributed by atoms with E-state index in [1.54, 1.807) is 6.07 Å². The molecule has 0 saturated heterocycles. The second-order valence-electron chi connectivity index (χ2n) is 9.36. The van der Waals surface area contributed by atoms with Crippen LogP contribution in [0.15, 0.2) is 47.8 Å². The van der Waals surface area contributed by atoms with Crippen molar-refractivity contribution in [1.82, 2.24) is 10.6 Å². The molecule has 2 saturated carbocycles. The van der Waals surface area contributed by atoms with E-state index in [1.165, 1.54) is 17.8 Å². The molecule has 2 aliphatic carbocycles. The van der Waals surface area contributed by atoms with Gasteiger partial charge in [0.1, 0.15) is 6.04 Å². The lowest BCUT2D eigenvalue weighted by molar-refractivity contribution is -0.124. The largest absolute Gasteiger partial charge is 0.351 e. The van der Waals surface area contributed by atoms with Crippen LogP contribution in [0.1, 0.15) is 55.3 Å². The molecule has 2 fully saturated rings. The number of fused-ring (bicyclic) bond motifs is 2. The van der Waals surface area contributed by atoms with Gasteiger partial charge < -0.3 is 10.6 Å². The van der Waals surface area contributed by atoms with E-state index >= 15 is 0 Å². The number of hydrogen-bond acceptors (Lipinski definition) is 3. The number of amides is 2. The number of thiophene rings is 1. The van der Waals surface area contributed by atoms with Crippen LogP contribution in [-0.4, -0.2) is 23.9 Å². The van der Waals surface area contributed by atoms with Crippen molar-refractivity contribution >= 4 is 23.2 Å². The summed E-state index contributed by atoms with van der Waals surface area (Å²) in [4.78, 5) is 26.6. The quantitative estimate of drug-likeness (QED) is 0.741. The maximum Gasteiger partial charge on any atom is 0.262 e. The van der Waals surface area contributed by atoms with Crippen molar-refractivity contribution in [2.75, 3.05) is 0 Å². The zero-order valence-corrected chi connectivity index (χ0v) is 18.2. The fourth-order valence-electron chi connectivity index (χ4n) is 5.39. The van der Waals surface area contributed by atoms with Gasteiger partial charge in [-0.15, -0.1) is 11.3 Å². The Morgan fingerprint density at radius 1 is 1.14 bits per heavy atom. The van der Waals surface area contributed by atoms with Crippen LogP contribution in [0.4, 0.5) is 0 Å². The number of rotatable bonds is 6. The highest BCUT2D eigenvalue weighted by Crippen LogP contribution is 2.65. The first-order valence-corrected chi connectivity index (χ1v) is 11.4. The highest BCUT2D eigenvalue weighted by molar-refractivity contribution is 7.12. The maximum atomic E-state index is 13.3. The van der Waals surface area contributed by atoms with Gasteiger partial charge in [0.15, 0.2) is 0 Å². The molecular weight excluding hydrogens is 380 g/mol. The molecule has 2 N–H and O–H groups in total. The standard InChI is InChI=1S/C24H30N2O2S/c1-23(2)17-11-12-24(23,3)20(15-17)26-21(27)18(14-16-8-5-4-6-9-16)25-22(28)19-10-7-13-29-19/h4-10,13,17-18,20H,11-12,14-15H2,1-3H3,(H,25,28)(H,26,27)/t17?,18-,20?,24?/m1/s1. The van der Waals surface area contributed by atoms with Crippen LogP contribution in [-0.2, 0) is 11.2 Å². The van der Waals surface area contributed by atoms with Crippen LogP contribution >= 0.6 is 11.3 Å². The van der Waals surface area contributed by atoms with E-state index in [0.29, 0.717) is 17.2 Å². The molecule has 154 valence electrons. The zero-order chi connectivity index (χ0) is 20.6. The lowest BCUT2D eigenvalue weighted by Crippen LogP contribution is -2.54. The number of hydrogen-bond donors (Lipinski definition) is 2. The summed E-state index contributed by atoms with van der Waals surface area (Å²) in [6.07, 6.45) is 3.92. The molecule has 1 aromatic heterocycles. The van der Waals surface area contributed by atoms with Gasteiger partial charge in [0.2, 0.25) is 5.91 Å². The van der Waals surface area contributed by atoms with E-state index in [2.05, 4.69) is 31.4 Å². The van der Waals surface area contributed by atoms with Gasteiger partial charge in [0, 0.05) is 12.5 Å². The number of nitrogens with one attached hydrogen (secondary N) is 2. The molecule has 2 amide bonds. The van der Waals surface area contributed by atoms with Crippen molar-refractivity contribution in [2.24, 2.45) is 16.7 Å². The van der Waals surface area contributed by atoms with Gasteiger partial charge in [-0.2, -0.15) is 0 Å². The van der Waals surface area contributed by atoms with Crippen LogP contribution < -0.4 is 10.6 Å². The lowest BCUT2D eigenvalue weighted by atomic mass is 9.69. The molecule has 3 unspecified atom stereocenters. The summed E-state index contributed by atoms with van der Waals surface area (Å²) in [5.41, 5.74) is 1.39. The Morgan fingerprint density at radius 2 is 1.90 bits per heavy atom. The maximum absolute atomic E-state index is 13.3. The van der Waals surface area contributed by atoms with Crippen LogP contribution in [0.25, 0.3) is 0 Å². The van der Waals surface area contributed by atoms with Crippen LogP contribution in [0.3, 0.4) is 0 Å². The van der Waals surface area contributed by atoms with Gasteiger partial charge in [-0.25, -0.2) is 0 Å². The summed E-state index contributed by atoms with van der Waals surface area (Å²) in [7, 11) is 0. The predicted molar refractivity (Wildman–Crippen MR) is 117 cm³/mol. The van der Waals surface area contributed by atoms with Crippen LogP contribution in [0.2, 0.25) is 0 Å². The van der Waals surface area contributed by atoms with E-state index in [4.69, 9.17) is 0 Å². The average molecular weight is 411 g/mol. The van der Waals surface area contributed by atoms with Crippen molar-refractivity contribution in [3.05, 3.63) is 58.3 Å². The molecule has 2 aromatic rings. The SMILES string of the molecule is CC1(C)C2CCC1(C)C(NC(=O)[C@@H](Cc1ccccc1)NC(=O)c1cccs1)C2. The van der Waals surface area contributed by atoms with E-state index < -0.39 is 6.04 Å². The third-order valence-electron chi connectivity index (χ3n) is 7.76. The van der Waals surface area contributed by atoms with E-state index in [-0.39, 0.29) is 28.7 Å². The van der Waals surface area contributed by atoms with Crippen LogP contribution in [0, 0.1) is 16.7 Å². The van der Waals surface area contributed by atoms with Gasteiger partial charge in [-0.05, 0) is 53.0 Å². The molecule has 4 nitrogen and oxygen atoms in total. The summed E-state index contributed by atoms with van der Waals surface area (Å²) in [5, 5.41) is 8.18. The number of benzene rings is 1. The van der Waals surface area contributed by atoms with Gasteiger partial charge >= 0.3 is 0 Å². The minimum Gasteiger partial charge on any atom is -0.351 e. The van der Waals surface area contributed by atoms with E-state index in [0.717, 1.165) is 18.4 Å². The van der Waals surface area contributed by atoms with Gasteiger partial charge in [-0.1, -0.05) is 57.2 Å². The molecule has 1 heterocycles. The minimum atomic E-state index is -0.585. The Hall–Kier alpha value is -2.14. The van der Waals surface area contributed by atoms with Gasteiger partial charge in [0.25, 0.3) is 5.91 Å². The number of carbonyl (C=O) groups excluding carboxylic acids is 2. The second-order valence-corrected chi connectivity index (χ2v) is 10.3. The Balaban J connectivity index is 1.51. The molecule has 4 atom stereocenters. The molecule has 2 bridgehead atoms. The summed E-state index contributed by atoms with van der Waals surface area (Å²) < 4.78 is 0. The smallest absolute Gasteiger partial charge is 0.262 e. The first kappa shape index (κ1) is 20.1. The van der Waals surface area contributed by atoms with Crippen molar-refractivity contribution in [2.45, 2.75) is 58.5 Å².